The predicted molar refractivity (Wildman–Crippen MR) is 116 cm³/mol. The van der Waals surface area contributed by atoms with E-state index >= 15 is 0 Å². The molecule has 25 heavy (non-hydrogen) atoms. The molecule has 0 aliphatic rings. The Labute approximate surface area is 156 Å². The van der Waals surface area contributed by atoms with Gasteiger partial charge in [-0.1, -0.05) is 88.3 Å². The van der Waals surface area contributed by atoms with Crippen molar-refractivity contribution in [3.63, 3.8) is 0 Å². The SMILES string of the molecule is Cc1ccc([Si](c2ccc(C)c(C)c2)(C(C)(C)C)C(C)(C)C)cc1C. The van der Waals surface area contributed by atoms with Crippen LogP contribution in [-0.4, -0.2) is 8.07 Å². The molecule has 0 spiro atoms. The molecular formula is C24H36Si. The van der Waals surface area contributed by atoms with Crippen LogP contribution in [0.1, 0.15) is 63.8 Å². The van der Waals surface area contributed by atoms with Crippen LogP contribution in [0.4, 0.5) is 0 Å². The molecular weight excluding hydrogens is 316 g/mol. The quantitative estimate of drug-likeness (QED) is 0.574. The van der Waals surface area contributed by atoms with Crippen LogP contribution >= 0.6 is 0 Å². The van der Waals surface area contributed by atoms with Gasteiger partial charge in [0.15, 0.2) is 0 Å². The van der Waals surface area contributed by atoms with Crippen LogP contribution in [0.2, 0.25) is 10.1 Å². The summed E-state index contributed by atoms with van der Waals surface area (Å²) in [5.74, 6) is 0. The Morgan fingerprint density at radius 3 is 1.08 bits per heavy atom. The third kappa shape index (κ3) is 3.24. The summed E-state index contributed by atoms with van der Waals surface area (Å²) in [6.45, 7) is 23.7. The third-order valence-electron chi connectivity index (χ3n) is 6.13. The minimum atomic E-state index is -2.06. The van der Waals surface area contributed by atoms with Gasteiger partial charge < -0.3 is 0 Å². The van der Waals surface area contributed by atoms with E-state index in [9.17, 15) is 0 Å². The molecule has 2 aromatic rings. The summed E-state index contributed by atoms with van der Waals surface area (Å²) in [6.07, 6.45) is 0. The van der Waals surface area contributed by atoms with Crippen LogP contribution in [0.5, 0.6) is 0 Å². The second-order valence-corrected chi connectivity index (χ2v) is 15.5. The van der Waals surface area contributed by atoms with E-state index in [0.29, 0.717) is 0 Å². The molecule has 1 heteroatoms. The van der Waals surface area contributed by atoms with Gasteiger partial charge in [0.25, 0.3) is 0 Å². The lowest BCUT2D eigenvalue weighted by atomic mass is 10.1. The fourth-order valence-electron chi connectivity index (χ4n) is 4.97. The van der Waals surface area contributed by atoms with Gasteiger partial charge in [0.2, 0.25) is 0 Å². The molecule has 0 bridgehead atoms. The van der Waals surface area contributed by atoms with Crippen molar-refractivity contribution in [2.45, 2.75) is 79.3 Å². The highest BCUT2D eigenvalue weighted by Gasteiger charge is 2.55. The molecule has 0 radical (unpaired) electrons. The zero-order chi connectivity index (χ0) is 19.2. The molecule has 0 atom stereocenters. The second-order valence-electron chi connectivity index (χ2n) is 9.85. The Morgan fingerprint density at radius 2 is 0.840 bits per heavy atom. The molecule has 0 N–H and O–H groups in total. The fourth-order valence-corrected chi connectivity index (χ4v) is 12.6. The van der Waals surface area contributed by atoms with Crippen molar-refractivity contribution >= 4 is 18.4 Å². The summed E-state index contributed by atoms with van der Waals surface area (Å²) in [5.41, 5.74) is 5.59. The Hall–Kier alpha value is -1.34. The normalized spacial score (nSPS) is 13.2. The maximum atomic E-state index is 2.48. The summed E-state index contributed by atoms with van der Waals surface area (Å²) in [7, 11) is -2.06. The molecule has 0 aromatic heterocycles. The molecule has 0 unspecified atom stereocenters. The molecule has 0 fully saturated rings. The van der Waals surface area contributed by atoms with E-state index in [-0.39, 0.29) is 10.1 Å². The summed E-state index contributed by atoms with van der Waals surface area (Å²) >= 11 is 0. The van der Waals surface area contributed by atoms with Crippen LogP contribution in [-0.2, 0) is 0 Å². The second kappa shape index (κ2) is 6.43. The molecule has 0 nitrogen and oxygen atoms in total. The fraction of sp³-hybridized carbons (Fsp3) is 0.500. The van der Waals surface area contributed by atoms with Crippen molar-refractivity contribution in [1.82, 2.24) is 0 Å². The van der Waals surface area contributed by atoms with Crippen molar-refractivity contribution in [2.75, 3.05) is 0 Å². The van der Waals surface area contributed by atoms with Gasteiger partial charge in [-0.15, -0.1) is 0 Å². The van der Waals surface area contributed by atoms with Gasteiger partial charge in [-0.05, 0) is 60.0 Å². The van der Waals surface area contributed by atoms with E-state index < -0.39 is 8.07 Å². The Morgan fingerprint density at radius 1 is 0.520 bits per heavy atom. The van der Waals surface area contributed by atoms with Crippen LogP contribution in [0.25, 0.3) is 0 Å². The number of hydrogen-bond acceptors (Lipinski definition) is 0. The topological polar surface area (TPSA) is 0 Å². The zero-order valence-corrected chi connectivity index (χ0v) is 19.0. The van der Waals surface area contributed by atoms with Crippen LogP contribution < -0.4 is 10.4 Å². The molecule has 0 saturated heterocycles. The van der Waals surface area contributed by atoms with Gasteiger partial charge in [0.05, 0.1) is 0 Å². The number of benzene rings is 2. The summed E-state index contributed by atoms with van der Waals surface area (Å²) in [5, 5.41) is 3.57. The summed E-state index contributed by atoms with van der Waals surface area (Å²) < 4.78 is 0. The van der Waals surface area contributed by atoms with E-state index in [4.69, 9.17) is 0 Å². The molecule has 0 aliphatic heterocycles. The maximum Gasteiger partial charge on any atom is 0.128 e. The largest absolute Gasteiger partial charge is 0.128 e. The van der Waals surface area contributed by atoms with Crippen molar-refractivity contribution in [1.29, 1.82) is 0 Å². The first-order chi connectivity index (χ1) is 11.3. The number of rotatable bonds is 2. The number of hydrogen-bond donors (Lipinski definition) is 0. The predicted octanol–water partition coefficient (Wildman–Crippen LogP) is 6.08. The Kier molecular flexibility index (Phi) is 5.14. The Bertz CT molecular complexity index is 702. The molecule has 136 valence electrons. The third-order valence-corrected chi connectivity index (χ3v) is 13.0. The van der Waals surface area contributed by atoms with E-state index in [1.165, 1.54) is 22.3 Å². The van der Waals surface area contributed by atoms with Crippen molar-refractivity contribution in [3.05, 3.63) is 58.7 Å². The van der Waals surface area contributed by atoms with E-state index in [2.05, 4.69) is 106 Å². The van der Waals surface area contributed by atoms with Gasteiger partial charge in [0.1, 0.15) is 8.07 Å². The maximum absolute atomic E-state index is 2.48. The van der Waals surface area contributed by atoms with Crippen molar-refractivity contribution in [3.8, 4) is 0 Å². The smallest absolute Gasteiger partial charge is 0.0623 e. The zero-order valence-electron chi connectivity index (χ0n) is 18.0. The molecule has 2 rings (SSSR count). The lowest BCUT2D eigenvalue weighted by molar-refractivity contribution is 0.636. The van der Waals surface area contributed by atoms with E-state index in [1.807, 2.05) is 0 Å². The first-order valence-electron chi connectivity index (χ1n) is 9.48. The monoisotopic (exact) mass is 352 g/mol. The highest BCUT2D eigenvalue weighted by molar-refractivity contribution is 7.06. The first kappa shape index (κ1) is 20.0. The molecule has 0 aliphatic carbocycles. The van der Waals surface area contributed by atoms with Crippen LogP contribution in [0.15, 0.2) is 36.4 Å². The average molecular weight is 353 g/mol. The lowest BCUT2D eigenvalue weighted by Crippen LogP contribution is -2.69. The Balaban J connectivity index is 2.96. The van der Waals surface area contributed by atoms with Crippen molar-refractivity contribution in [2.24, 2.45) is 0 Å². The van der Waals surface area contributed by atoms with E-state index in [1.54, 1.807) is 10.4 Å². The van der Waals surface area contributed by atoms with Gasteiger partial charge in [-0.3, -0.25) is 0 Å². The summed E-state index contributed by atoms with van der Waals surface area (Å²) in [4.78, 5) is 0. The number of aryl methyl sites for hydroxylation is 4. The summed E-state index contributed by atoms with van der Waals surface area (Å²) in [6, 6.07) is 14.4. The van der Waals surface area contributed by atoms with Crippen LogP contribution in [0.3, 0.4) is 0 Å². The minimum absolute atomic E-state index is 0.217. The molecule has 0 amide bonds. The van der Waals surface area contributed by atoms with Gasteiger partial charge in [-0.25, -0.2) is 0 Å². The van der Waals surface area contributed by atoms with Gasteiger partial charge >= 0.3 is 0 Å². The first-order valence-corrected chi connectivity index (χ1v) is 11.5. The van der Waals surface area contributed by atoms with E-state index in [0.717, 1.165) is 0 Å². The van der Waals surface area contributed by atoms with Crippen molar-refractivity contribution < 1.29 is 0 Å². The molecule has 0 saturated carbocycles. The minimum Gasteiger partial charge on any atom is -0.0623 e. The highest BCUT2D eigenvalue weighted by Crippen LogP contribution is 2.50. The standard InChI is InChI=1S/C24H36Si/c1-17-11-13-21(15-19(17)3)25(23(5,6)7,24(8,9)10)22-14-12-18(2)20(4)16-22/h11-16H,1-10H3. The molecule has 0 heterocycles. The van der Waals surface area contributed by atoms with Gasteiger partial charge in [0, 0.05) is 0 Å². The highest BCUT2D eigenvalue weighted by atomic mass is 28.3. The van der Waals surface area contributed by atoms with Crippen LogP contribution in [0, 0.1) is 27.7 Å². The van der Waals surface area contributed by atoms with Gasteiger partial charge in [-0.2, -0.15) is 0 Å². The lowest BCUT2D eigenvalue weighted by Gasteiger charge is -2.53. The molecule has 2 aromatic carbocycles. The average Bonchev–Trinajstić information content (AvgIpc) is 2.44.